The molecular weight excluding hydrogens is 294 g/mol. The predicted octanol–water partition coefficient (Wildman–Crippen LogP) is 5.19. The molecule has 1 aliphatic rings. The van der Waals surface area contributed by atoms with Crippen molar-refractivity contribution in [3.05, 3.63) is 84.1 Å². The molecule has 24 heavy (non-hydrogen) atoms. The van der Waals surface area contributed by atoms with E-state index in [0.29, 0.717) is 5.92 Å². The van der Waals surface area contributed by atoms with Crippen LogP contribution in [-0.4, -0.2) is 18.0 Å². The Bertz CT molecular complexity index is 615. The number of piperidine rings is 1. The molecule has 1 heterocycles. The zero-order valence-electron chi connectivity index (χ0n) is 14.5. The fourth-order valence-electron chi connectivity index (χ4n) is 3.52. The predicted molar refractivity (Wildman–Crippen MR) is 99.5 cm³/mol. The summed E-state index contributed by atoms with van der Waals surface area (Å²) in [5.74, 6) is 0.579. The Hall–Kier alpha value is -2.06. The molecule has 1 atom stereocenters. The van der Waals surface area contributed by atoms with Crippen LogP contribution in [0, 0.1) is 5.92 Å². The lowest BCUT2D eigenvalue weighted by atomic mass is 9.87. The van der Waals surface area contributed by atoms with Gasteiger partial charge in [-0.1, -0.05) is 66.7 Å². The van der Waals surface area contributed by atoms with Gasteiger partial charge in [0.05, 0.1) is 6.26 Å². The van der Waals surface area contributed by atoms with Crippen LogP contribution in [0.5, 0.6) is 0 Å². The van der Waals surface area contributed by atoms with Gasteiger partial charge in [0, 0.05) is 12.5 Å². The van der Waals surface area contributed by atoms with E-state index in [1.165, 1.54) is 24.0 Å². The molecule has 0 saturated carbocycles. The molecule has 0 amide bonds. The fourth-order valence-corrected chi connectivity index (χ4v) is 3.52. The molecule has 2 heteroatoms. The summed E-state index contributed by atoms with van der Waals surface area (Å²) < 4.78 is 6.07. The molecule has 0 aromatic heterocycles. The van der Waals surface area contributed by atoms with Crippen LogP contribution in [-0.2, 0) is 11.3 Å². The number of allylic oxidation sites excluding steroid dienone is 1. The summed E-state index contributed by atoms with van der Waals surface area (Å²) in [6.45, 7) is 5.34. The first-order chi connectivity index (χ1) is 11.9. The molecule has 1 saturated heterocycles. The molecule has 1 aliphatic heterocycles. The largest absolute Gasteiger partial charge is 0.493 e. The summed E-state index contributed by atoms with van der Waals surface area (Å²) in [7, 11) is 0. The Morgan fingerprint density at radius 1 is 1.00 bits per heavy atom. The topological polar surface area (TPSA) is 12.5 Å². The van der Waals surface area contributed by atoms with Crippen molar-refractivity contribution in [3.8, 4) is 0 Å². The van der Waals surface area contributed by atoms with Crippen LogP contribution in [0.3, 0.4) is 0 Å². The molecule has 2 nitrogen and oxygen atoms in total. The Morgan fingerprint density at radius 3 is 2.25 bits per heavy atom. The first-order valence-corrected chi connectivity index (χ1v) is 8.94. The molecule has 0 aliphatic carbocycles. The zero-order valence-corrected chi connectivity index (χ0v) is 14.5. The Morgan fingerprint density at radius 2 is 1.62 bits per heavy atom. The maximum absolute atomic E-state index is 6.07. The lowest BCUT2D eigenvalue weighted by Gasteiger charge is -2.35. The minimum atomic E-state index is 0.168. The summed E-state index contributed by atoms with van der Waals surface area (Å²) in [4.78, 5) is 2.56. The third kappa shape index (κ3) is 4.48. The van der Waals surface area contributed by atoms with Crippen LogP contribution in [0.15, 0.2) is 73.0 Å². The summed E-state index contributed by atoms with van der Waals surface area (Å²) in [5.41, 5.74) is 2.69. The number of hydrogen-bond acceptors (Lipinski definition) is 2. The molecule has 2 aromatic carbocycles. The van der Waals surface area contributed by atoms with E-state index in [1.807, 2.05) is 19.3 Å². The Labute approximate surface area is 145 Å². The minimum Gasteiger partial charge on any atom is -0.493 e. The first kappa shape index (κ1) is 16.8. The van der Waals surface area contributed by atoms with Gasteiger partial charge >= 0.3 is 0 Å². The fraction of sp³-hybridized carbons (Fsp3) is 0.364. The summed E-state index contributed by atoms with van der Waals surface area (Å²) in [6.07, 6.45) is 6.35. The number of nitrogens with zero attached hydrogens (tertiary/aromatic N) is 1. The SMILES string of the molecule is CC=COC(c1ccccc1)C1CCN(Cc2ccccc2)CC1. The van der Waals surface area contributed by atoms with E-state index in [-0.39, 0.29) is 6.10 Å². The van der Waals surface area contributed by atoms with Crippen molar-refractivity contribution in [2.75, 3.05) is 13.1 Å². The van der Waals surface area contributed by atoms with Crippen LogP contribution in [0.25, 0.3) is 0 Å². The van der Waals surface area contributed by atoms with E-state index < -0.39 is 0 Å². The molecular formula is C22H27NO. The van der Waals surface area contributed by atoms with E-state index in [0.717, 1.165) is 19.6 Å². The standard InChI is InChI=1S/C22H27NO/c1-2-17-24-22(20-11-7-4-8-12-20)21-13-15-23(16-14-21)18-19-9-5-3-6-10-19/h2-12,17,21-22H,13-16,18H2,1H3. The molecule has 126 valence electrons. The van der Waals surface area contributed by atoms with Gasteiger partial charge in [0.1, 0.15) is 6.10 Å². The first-order valence-electron chi connectivity index (χ1n) is 8.94. The highest BCUT2D eigenvalue weighted by Gasteiger charge is 2.28. The normalized spacial score (nSPS) is 17.9. The van der Waals surface area contributed by atoms with E-state index in [4.69, 9.17) is 4.74 Å². The lowest BCUT2D eigenvalue weighted by Crippen LogP contribution is -2.35. The average molecular weight is 321 g/mol. The van der Waals surface area contributed by atoms with Gasteiger partial charge in [-0.2, -0.15) is 0 Å². The number of ether oxygens (including phenoxy) is 1. The van der Waals surface area contributed by atoms with Crippen molar-refractivity contribution in [2.45, 2.75) is 32.4 Å². The summed E-state index contributed by atoms with van der Waals surface area (Å²) >= 11 is 0. The second-order valence-electron chi connectivity index (χ2n) is 6.54. The van der Waals surface area contributed by atoms with Crippen molar-refractivity contribution < 1.29 is 4.74 Å². The smallest absolute Gasteiger partial charge is 0.126 e. The lowest BCUT2D eigenvalue weighted by molar-refractivity contribution is 0.0431. The van der Waals surface area contributed by atoms with Crippen molar-refractivity contribution in [3.63, 3.8) is 0 Å². The molecule has 3 rings (SSSR count). The number of rotatable bonds is 6. The van der Waals surface area contributed by atoms with Crippen LogP contribution in [0.2, 0.25) is 0 Å². The van der Waals surface area contributed by atoms with Crippen molar-refractivity contribution >= 4 is 0 Å². The highest BCUT2D eigenvalue weighted by Crippen LogP contribution is 2.34. The molecule has 0 radical (unpaired) electrons. The van der Waals surface area contributed by atoms with Gasteiger partial charge in [-0.05, 0) is 44.0 Å². The van der Waals surface area contributed by atoms with Crippen molar-refractivity contribution in [1.82, 2.24) is 4.90 Å². The Balaban J connectivity index is 1.60. The van der Waals surface area contributed by atoms with Gasteiger partial charge in [0.15, 0.2) is 0 Å². The summed E-state index contributed by atoms with van der Waals surface area (Å²) in [5, 5.41) is 0. The second kappa shape index (κ2) is 8.70. The average Bonchev–Trinajstić information content (AvgIpc) is 2.65. The molecule has 0 N–H and O–H groups in total. The van der Waals surface area contributed by atoms with Gasteiger partial charge in [-0.3, -0.25) is 4.90 Å². The Kier molecular flexibility index (Phi) is 6.08. The number of benzene rings is 2. The van der Waals surface area contributed by atoms with E-state index >= 15 is 0 Å². The van der Waals surface area contributed by atoms with Crippen LogP contribution < -0.4 is 0 Å². The molecule has 1 unspecified atom stereocenters. The monoisotopic (exact) mass is 321 g/mol. The van der Waals surface area contributed by atoms with Crippen molar-refractivity contribution in [1.29, 1.82) is 0 Å². The van der Waals surface area contributed by atoms with Gasteiger partial charge in [-0.15, -0.1) is 0 Å². The minimum absolute atomic E-state index is 0.168. The van der Waals surface area contributed by atoms with Gasteiger partial charge in [0.2, 0.25) is 0 Å². The third-order valence-corrected chi connectivity index (χ3v) is 4.80. The zero-order chi connectivity index (χ0) is 16.6. The van der Waals surface area contributed by atoms with Crippen molar-refractivity contribution in [2.24, 2.45) is 5.92 Å². The molecule has 0 spiro atoms. The second-order valence-corrected chi connectivity index (χ2v) is 6.54. The molecule has 0 bridgehead atoms. The van der Waals surface area contributed by atoms with E-state index in [2.05, 4.69) is 65.6 Å². The van der Waals surface area contributed by atoms with E-state index in [1.54, 1.807) is 0 Å². The van der Waals surface area contributed by atoms with E-state index in [9.17, 15) is 0 Å². The van der Waals surface area contributed by atoms with Gasteiger partial charge in [-0.25, -0.2) is 0 Å². The number of likely N-dealkylation sites (tertiary alicyclic amines) is 1. The maximum Gasteiger partial charge on any atom is 0.126 e. The number of hydrogen-bond donors (Lipinski definition) is 0. The quantitative estimate of drug-likeness (QED) is 0.679. The van der Waals surface area contributed by atoms with Crippen LogP contribution in [0.1, 0.15) is 37.0 Å². The van der Waals surface area contributed by atoms with Crippen LogP contribution in [0.4, 0.5) is 0 Å². The van der Waals surface area contributed by atoms with Gasteiger partial charge < -0.3 is 4.74 Å². The highest BCUT2D eigenvalue weighted by molar-refractivity contribution is 5.19. The maximum atomic E-state index is 6.07. The third-order valence-electron chi connectivity index (χ3n) is 4.80. The summed E-state index contributed by atoms with van der Waals surface area (Å²) in [6, 6.07) is 21.4. The van der Waals surface area contributed by atoms with Gasteiger partial charge in [0.25, 0.3) is 0 Å². The highest BCUT2D eigenvalue weighted by atomic mass is 16.5. The molecule has 1 fully saturated rings. The molecule has 2 aromatic rings. The van der Waals surface area contributed by atoms with Crippen LogP contribution >= 0.6 is 0 Å².